The Morgan fingerprint density at radius 3 is 2.21 bits per heavy atom. The van der Waals surface area contributed by atoms with Gasteiger partial charge >= 0.3 is 5.97 Å². The molecule has 0 aliphatic carbocycles. The van der Waals surface area contributed by atoms with Crippen LogP contribution in [0, 0.1) is 5.41 Å². The van der Waals surface area contributed by atoms with Crippen molar-refractivity contribution in [2.75, 3.05) is 26.2 Å². The first-order chi connectivity index (χ1) is 18.4. The molecule has 1 amide bonds. The van der Waals surface area contributed by atoms with E-state index in [1.165, 1.54) is 5.56 Å². The maximum Gasteiger partial charge on any atom is 0.307 e. The molecule has 2 heterocycles. The van der Waals surface area contributed by atoms with Crippen molar-refractivity contribution in [2.24, 2.45) is 5.41 Å². The summed E-state index contributed by atoms with van der Waals surface area (Å²) in [5.74, 6) is 0.669. The predicted octanol–water partition coefficient (Wildman–Crippen LogP) is 6.28. The van der Waals surface area contributed by atoms with Crippen LogP contribution in [0.2, 0.25) is 5.02 Å². The molecule has 0 atom stereocenters. The van der Waals surface area contributed by atoms with E-state index in [0.29, 0.717) is 29.2 Å². The van der Waals surface area contributed by atoms with Crippen LogP contribution in [0.4, 0.5) is 0 Å². The molecule has 2 saturated heterocycles. The van der Waals surface area contributed by atoms with Crippen LogP contribution in [0.3, 0.4) is 0 Å². The molecular formula is C31H33ClN2O4. The van der Waals surface area contributed by atoms with Crippen molar-refractivity contribution in [3.63, 3.8) is 0 Å². The molecule has 2 aliphatic rings. The number of hydrogen-bond donors (Lipinski definition) is 1. The molecule has 2 aliphatic heterocycles. The molecule has 7 heteroatoms. The van der Waals surface area contributed by atoms with Gasteiger partial charge in [-0.2, -0.15) is 0 Å². The molecule has 1 spiro atoms. The summed E-state index contributed by atoms with van der Waals surface area (Å²) in [5.41, 5.74) is 2.36. The van der Waals surface area contributed by atoms with Crippen molar-refractivity contribution in [1.29, 1.82) is 0 Å². The number of benzene rings is 3. The van der Waals surface area contributed by atoms with E-state index in [9.17, 15) is 14.7 Å². The standard InChI is InChI=1S/C31H33ClN2O4/c32-25-10-11-27(24(20-25)21-29(35)36)30(37)34-18-14-31(15-19-34)12-16-33(17-13-31)22-23-6-4-5-9-28(23)38-26-7-2-1-3-8-26/h1-11,20H,12-19,21-22H2,(H,35,36). The van der Waals surface area contributed by atoms with Gasteiger partial charge in [0.2, 0.25) is 0 Å². The summed E-state index contributed by atoms with van der Waals surface area (Å²) in [6.45, 7) is 4.29. The number of likely N-dealkylation sites (tertiary alicyclic amines) is 2. The van der Waals surface area contributed by atoms with E-state index in [1.807, 2.05) is 47.4 Å². The number of amides is 1. The third-order valence-corrected chi connectivity index (χ3v) is 8.24. The van der Waals surface area contributed by atoms with Crippen LogP contribution in [0.5, 0.6) is 11.5 Å². The van der Waals surface area contributed by atoms with Gasteiger partial charge in [0.25, 0.3) is 5.91 Å². The van der Waals surface area contributed by atoms with Gasteiger partial charge in [0.1, 0.15) is 11.5 Å². The average Bonchev–Trinajstić information content (AvgIpc) is 2.92. The van der Waals surface area contributed by atoms with Gasteiger partial charge < -0.3 is 14.7 Å². The Labute approximate surface area is 228 Å². The van der Waals surface area contributed by atoms with Crippen LogP contribution < -0.4 is 4.74 Å². The summed E-state index contributed by atoms with van der Waals surface area (Å²) in [5, 5.41) is 9.70. The lowest BCUT2D eigenvalue weighted by Crippen LogP contribution is -2.48. The van der Waals surface area contributed by atoms with Gasteiger partial charge in [-0.1, -0.05) is 48.0 Å². The lowest BCUT2D eigenvalue weighted by Gasteiger charge is -2.47. The highest BCUT2D eigenvalue weighted by Crippen LogP contribution is 2.42. The fourth-order valence-electron chi connectivity index (χ4n) is 5.71. The number of rotatable bonds is 7. The van der Waals surface area contributed by atoms with Crippen LogP contribution in [-0.2, 0) is 17.8 Å². The Bertz CT molecular complexity index is 1280. The highest BCUT2D eigenvalue weighted by Gasteiger charge is 2.39. The fourth-order valence-corrected chi connectivity index (χ4v) is 5.91. The maximum atomic E-state index is 13.3. The number of carbonyl (C=O) groups is 2. The zero-order valence-electron chi connectivity index (χ0n) is 21.4. The Hall–Kier alpha value is -3.35. The van der Waals surface area contributed by atoms with Gasteiger partial charge in [0.15, 0.2) is 0 Å². The highest BCUT2D eigenvalue weighted by atomic mass is 35.5. The van der Waals surface area contributed by atoms with Crippen molar-refractivity contribution in [3.8, 4) is 11.5 Å². The van der Waals surface area contributed by atoms with Crippen molar-refractivity contribution in [1.82, 2.24) is 9.80 Å². The van der Waals surface area contributed by atoms with E-state index < -0.39 is 5.97 Å². The first-order valence-electron chi connectivity index (χ1n) is 13.2. The van der Waals surface area contributed by atoms with E-state index in [2.05, 4.69) is 17.0 Å². The van der Waals surface area contributed by atoms with E-state index in [-0.39, 0.29) is 17.7 Å². The zero-order chi connectivity index (χ0) is 26.5. The van der Waals surface area contributed by atoms with Gasteiger partial charge in [-0.05, 0) is 86.1 Å². The smallest absolute Gasteiger partial charge is 0.307 e. The molecule has 3 aromatic rings. The first kappa shape index (κ1) is 26.3. The van der Waals surface area contributed by atoms with Gasteiger partial charge in [0, 0.05) is 35.8 Å². The number of nitrogens with zero attached hydrogens (tertiary/aromatic N) is 2. The summed E-state index contributed by atoms with van der Waals surface area (Å²) < 4.78 is 6.16. The topological polar surface area (TPSA) is 70.1 Å². The van der Waals surface area contributed by atoms with Gasteiger partial charge in [0.05, 0.1) is 6.42 Å². The Morgan fingerprint density at radius 1 is 0.842 bits per heavy atom. The molecule has 198 valence electrons. The summed E-state index contributed by atoms with van der Waals surface area (Å²) in [6.07, 6.45) is 3.96. The largest absolute Gasteiger partial charge is 0.481 e. The minimum Gasteiger partial charge on any atom is -0.481 e. The molecule has 0 aromatic heterocycles. The Morgan fingerprint density at radius 2 is 1.50 bits per heavy atom. The Balaban J connectivity index is 1.16. The van der Waals surface area contributed by atoms with Crippen LogP contribution in [0.15, 0.2) is 72.8 Å². The molecule has 0 radical (unpaired) electrons. The second-order valence-corrected chi connectivity index (χ2v) is 10.9. The first-order valence-corrected chi connectivity index (χ1v) is 13.6. The molecule has 0 saturated carbocycles. The van der Waals surface area contributed by atoms with Gasteiger partial charge in [-0.15, -0.1) is 0 Å². The molecule has 0 unspecified atom stereocenters. The molecule has 1 N–H and O–H groups in total. The summed E-state index contributed by atoms with van der Waals surface area (Å²) in [6, 6.07) is 23.0. The van der Waals surface area contributed by atoms with Gasteiger partial charge in [-0.25, -0.2) is 0 Å². The number of piperidine rings is 2. The molecule has 6 nitrogen and oxygen atoms in total. The number of carbonyl (C=O) groups excluding carboxylic acids is 1. The second kappa shape index (κ2) is 11.6. The van der Waals surface area contributed by atoms with Crippen molar-refractivity contribution in [2.45, 2.75) is 38.6 Å². The van der Waals surface area contributed by atoms with Crippen molar-refractivity contribution < 1.29 is 19.4 Å². The number of carboxylic acid groups (broad SMARTS) is 1. The lowest BCUT2D eigenvalue weighted by atomic mass is 9.71. The number of halogens is 1. The molecule has 38 heavy (non-hydrogen) atoms. The lowest BCUT2D eigenvalue weighted by molar-refractivity contribution is -0.136. The monoisotopic (exact) mass is 532 g/mol. The number of ether oxygens (including phenoxy) is 1. The summed E-state index contributed by atoms with van der Waals surface area (Å²) in [7, 11) is 0. The minimum atomic E-state index is -0.972. The third kappa shape index (κ3) is 6.20. The zero-order valence-corrected chi connectivity index (χ0v) is 22.2. The van der Waals surface area contributed by atoms with E-state index in [1.54, 1.807) is 18.2 Å². The van der Waals surface area contributed by atoms with Crippen LogP contribution in [-0.4, -0.2) is 53.0 Å². The third-order valence-electron chi connectivity index (χ3n) is 8.00. The summed E-state index contributed by atoms with van der Waals surface area (Å²) >= 11 is 6.07. The molecular weight excluding hydrogens is 500 g/mol. The van der Waals surface area contributed by atoms with Crippen LogP contribution >= 0.6 is 11.6 Å². The maximum absolute atomic E-state index is 13.3. The van der Waals surface area contributed by atoms with E-state index >= 15 is 0 Å². The number of hydrogen-bond acceptors (Lipinski definition) is 4. The van der Waals surface area contributed by atoms with E-state index in [0.717, 1.165) is 56.8 Å². The fraction of sp³-hybridized carbons (Fsp3) is 0.355. The second-order valence-electron chi connectivity index (χ2n) is 10.5. The minimum absolute atomic E-state index is 0.0970. The van der Waals surface area contributed by atoms with Crippen molar-refractivity contribution in [3.05, 3.63) is 94.5 Å². The molecule has 5 rings (SSSR count). The van der Waals surface area contributed by atoms with Crippen molar-refractivity contribution >= 4 is 23.5 Å². The number of para-hydroxylation sites is 2. The highest BCUT2D eigenvalue weighted by molar-refractivity contribution is 6.30. The normalized spacial score (nSPS) is 17.3. The van der Waals surface area contributed by atoms with Crippen LogP contribution in [0.25, 0.3) is 0 Å². The SMILES string of the molecule is O=C(O)Cc1cc(Cl)ccc1C(=O)N1CCC2(CCN(Cc3ccccc3Oc3ccccc3)CC2)CC1. The predicted molar refractivity (Wildman–Crippen MR) is 148 cm³/mol. The summed E-state index contributed by atoms with van der Waals surface area (Å²) in [4.78, 5) is 29.0. The molecule has 2 fully saturated rings. The Kier molecular flexibility index (Phi) is 8.01. The van der Waals surface area contributed by atoms with Gasteiger partial charge in [-0.3, -0.25) is 14.5 Å². The molecule has 0 bridgehead atoms. The quantitative estimate of drug-likeness (QED) is 0.388. The number of carboxylic acids is 1. The van der Waals surface area contributed by atoms with Crippen LogP contribution in [0.1, 0.15) is 47.2 Å². The molecule has 3 aromatic carbocycles. The van der Waals surface area contributed by atoms with E-state index in [4.69, 9.17) is 16.3 Å². The number of aliphatic carboxylic acids is 1. The average molecular weight is 533 g/mol.